The van der Waals surface area contributed by atoms with Crippen LogP contribution in [0.4, 0.5) is 0 Å². The van der Waals surface area contributed by atoms with E-state index in [1.165, 1.54) is 16.7 Å². The highest BCUT2D eigenvalue weighted by Gasteiger charge is 2.56. The van der Waals surface area contributed by atoms with Crippen molar-refractivity contribution in [3.05, 3.63) is 89.5 Å². The molecule has 0 aliphatic heterocycles. The molecule has 5 rings (SSSR count). The van der Waals surface area contributed by atoms with E-state index in [0.29, 0.717) is 24.3 Å². The van der Waals surface area contributed by atoms with E-state index in [2.05, 4.69) is 51.3 Å². The zero-order valence-electron chi connectivity index (χ0n) is 14.5. The molecule has 1 saturated carbocycles. The molecule has 1 fully saturated rings. The summed E-state index contributed by atoms with van der Waals surface area (Å²) in [5, 5.41) is 3.25. The summed E-state index contributed by atoms with van der Waals surface area (Å²) in [6.45, 7) is 0.742. The average molecular weight is 343 g/mol. The topological polar surface area (TPSA) is 46.9 Å². The van der Waals surface area contributed by atoms with Gasteiger partial charge in [-0.15, -0.1) is 0 Å². The number of amides is 1. The van der Waals surface area contributed by atoms with Crippen LogP contribution in [0.5, 0.6) is 0 Å². The second-order valence-corrected chi connectivity index (χ2v) is 7.36. The van der Waals surface area contributed by atoms with Crippen molar-refractivity contribution in [2.45, 2.75) is 31.3 Å². The van der Waals surface area contributed by atoms with Gasteiger partial charge in [0.2, 0.25) is 5.91 Å². The lowest BCUT2D eigenvalue weighted by atomic mass is 10.1. The highest BCUT2D eigenvalue weighted by atomic mass is 16.1. The molecule has 3 aromatic rings. The van der Waals surface area contributed by atoms with Crippen LogP contribution in [0.2, 0.25) is 0 Å². The predicted octanol–water partition coefficient (Wildman–Crippen LogP) is 2.93. The Morgan fingerprint density at radius 2 is 1.92 bits per heavy atom. The molecule has 2 aliphatic rings. The van der Waals surface area contributed by atoms with Gasteiger partial charge in [0.05, 0.1) is 12.7 Å². The van der Waals surface area contributed by atoms with Crippen molar-refractivity contribution < 1.29 is 4.79 Å². The summed E-state index contributed by atoms with van der Waals surface area (Å²) in [7, 11) is 0. The maximum Gasteiger partial charge on any atom is 0.226 e. The molecule has 0 unspecified atom stereocenters. The minimum atomic E-state index is 0.0942. The van der Waals surface area contributed by atoms with Gasteiger partial charge >= 0.3 is 0 Å². The van der Waals surface area contributed by atoms with Crippen LogP contribution in [0.1, 0.15) is 28.3 Å². The molecule has 4 heteroatoms. The summed E-state index contributed by atoms with van der Waals surface area (Å²) in [5.41, 5.74) is 5.05. The first-order chi connectivity index (χ1) is 12.8. The third-order valence-electron chi connectivity index (χ3n) is 5.70. The van der Waals surface area contributed by atoms with Gasteiger partial charge in [0.15, 0.2) is 0 Å². The normalized spacial score (nSPS) is 22.5. The van der Waals surface area contributed by atoms with Crippen molar-refractivity contribution in [1.82, 2.24) is 14.9 Å². The Morgan fingerprint density at radius 3 is 2.81 bits per heavy atom. The van der Waals surface area contributed by atoms with E-state index >= 15 is 0 Å². The summed E-state index contributed by atoms with van der Waals surface area (Å²) in [5.74, 6) is 1.20. The third-order valence-corrected chi connectivity index (χ3v) is 5.70. The van der Waals surface area contributed by atoms with E-state index in [1.54, 1.807) is 12.5 Å². The summed E-state index contributed by atoms with van der Waals surface area (Å²) in [6, 6.07) is 19.2. The van der Waals surface area contributed by atoms with E-state index in [0.717, 1.165) is 18.7 Å². The molecular weight excluding hydrogens is 322 g/mol. The van der Waals surface area contributed by atoms with Gasteiger partial charge in [0, 0.05) is 30.4 Å². The summed E-state index contributed by atoms with van der Waals surface area (Å²) in [6.07, 6.45) is 5.07. The first kappa shape index (κ1) is 15.4. The molecule has 3 atom stereocenters. The van der Waals surface area contributed by atoms with Crippen molar-refractivity contribution >= 4 is 5.91 Å². The van der Waals surface area contributed by atoms with Gasteiger partial charge in [-0.3, -0.25) is 4.79 Å². The Hall–Kier alpha value is -2.88. The van der Waals surface area contributed by atoms with E-state index in [9.17, 15) is 4.79 Å². The molecular formula is C22H21N3O. The number of carbonyl (C=O) groups is 1. The monoisotopic (exact) mass is 343 g/mol. The maximum absolute atomic E-state index is 12.6. The van der Waals surface area contributed by atoms with E-state index in [4.69, 9.17) is 0 Å². The SMILES string of the molecule is O=C(Cc1cncn1Cc1ccccc1)N[C@@H]1[C@@H]2Cc3ccccc3[C@H]21. The molecule has 2 aromatic carbocycles. The number of hydrogen-bond donors (Lipinski definition) is 1. The van der Waals surface area contributed by atoms with Crippen molar-refractivity contribution in [3.63, 3.8) is 0 Å². The Labute approximate surface area is 152 Å². The summed E-state index contributed by atoms with van der Waals surface area (Å²) >= 11 is 0. The second kappa shape index (κ2) is 6.13. The number of hydrogen-bond acceptors (Lipinski definition) is 2. The van der Waals surface area contributed by atoms with Crippen LogP contribution in [0.25, 0.3) is 0 Å². The van der Waals surface area contributed by atoms with Gasteiger partial charge in [0.25, 0.3) is 0 Å². The molecule has 0 radical (unpaired) electrons. The first-order valence-corrected chi connectivity index (χ1v) is 9.20. The van der Waals surface area contributed by atoms with E-state index in [-0.39, 0.29) is 5.91 Å². The fourth-order valence-electron chi connectivity index (χ4n) is 4.37. The van der Waals surface area contributed by atoms with Crippen LogP contribution in [-0.4, -0.2) is 21.5 Å². The van der Waals surface area contributed by atoms with E-state index in [1.807, 2.05) is 18.2 Å². The van der Waals surface area contributed by atoms with Crippen LogP contribution < -0.4 is 5.32 Å². The van der Waals surface area contributed by atoms with Crippen LogP contribution in [0.15, 0.2) is 67.1 Å². The van der Waals surface area contributed by atoms with Crippen LogP contribution in [0.3, 0.4) is 0 Å². The third kappa shape index (κ3) is 2.71. The molecule has 0 bridgehead atoms. The number of nitrogens with zero attached hydrogens (tertiary/aromatic N) is 2. The quantitative estimate of drug-likeness (QED) is 0.774. The molecule has 2 aliphatic carbocycles. The van der Waals surface area contributed by atoms with Crippen molar-refractivity contribution in [3.8, 4) is 0 Å². The fourth-order valence-corrected chi connectivity index (χ4v) is 4.37. The zero-order valence-corrected chi connectivity index (χ0v) is 14.5. The molecule has 1 aromatic heterocycles. The fraction of sp³-hybridized carbons (Fsp3) is 0.273. The number of carbonyl (C=O) groups excluding carboxylic acids is 1. The number of nitrogens with one attached hydrogen (secondary N) is 1. The number of aromatic nitrogens is 2. The molecule has 0 saturated heterocycles. The maximum atomic E-state index is 12.6. The van der Waals surface area contributed by atoms with Gasteiger partial charge < -0.3 is 9.88 Å². The molecule has 130 valence electrons. The minimum absolute atomic E-state index is 0.0942. The van der Waals surface area contributed by atoms with Crippen LogP contribution in [-0.2, 0) is 24.2 Å². The number of fused-ring (bicyclic) bond motifs is 3. The number of benzene rings is 2. The van der Waals surface area contributed by atoms with Gasteiger partial charge in [-0.25, -0.2) is 4.98 Å². The smallest absolute Gasteiger partial charge is 0.226 e. The highest BCUT2D eigenvalue weighted by molar-refractivity contribution is 5.79. The standard InChI is InChI=1S/C22H21N3O/c26-20(24-22-19-10-16-8-4-5-9-18(16)21(19)22)11-17-12-23-14-25(17)13-15-6-2-1-3-7-15/h1-9,12,14,19,21-22H,10-11,13H2,(H,24,26)/t19-,21-,22-/m1/s1. The lowest BCUT2D eigenvalue weighted by Crippen LogP contribution is -2.30. The number of imidazole rings is 1. The molecule has 0 spiro atoms. The van der Waals surface area contributed by atoms with Crippen LogP contribution >= 0.6 is 0 Å². The summed E-state index contributed by atoms with van der Waals surface area (Å²) < 4.78 is 2.05. The minimum Gasteiger partial charge on any atom is -0.352 e. The molecule has 1 heterocycles. The Kier molecular flexibility index (Phi) is 3.63. The Morgan fingerprint density at radius 1 is 1.12 bits per heavy atom. The Balaban J connectivity index is 1.22. The lowest BCUT2D eigenvalue weighted by molar-refractivity contribution is -0.120. The predicted molar refractivity (Wildman–Crippen MR) is 99.8 cm³/mol. The zero-order chi connectivity index (χ0) is 17.5. The molecule has 26 heavy (non-hydrogen) atoms. The second-order valence-electron chi connectivity index (χ2n) is 7.36. The van der Waals surface area contributed by atoms with Gasteiger partial charge in [-0.1, -0.05) is 54.6 Å². The van der Waals surface area contributed by atoms with Gasteiger partial charge in [-0.2, -0.15) is 0 Å². The van der Waals surface area contributed by atoms with Gasteiger partial charge in [-0.05, 0) is 29.0 Å². The van der Waals surface area contributed by atoms with Crippen molar-refractivity contribution in [1.29, 1.82) is 0 Å². The largest absolute Gasteiger partial charge is 0.352 e. The van der Waals surface area contributed by atoms with E-state index < -0.39 is 0 Å². The first-order valence-electron chi connectivity index (χ1n) is 9.20. The molecule has 1 amide bonds. The van der Waals surface area contributed by atoms with Gasteiger partial charge in [0.1, 0.15) is 0 Å². The number of rotatable bonds is 5. The highest BCUT2D eigenvalue weighted by Crippen LogP contribution is 2.56. The van der Waals surface area contributed by atoms with Crippen LogP contribution in [0, 0.1) is 5.92 Å². The Bertz CT molecular complexity index is 947. The molecule has 4 nitrogen and oxygen atoms in total. The van der Waals surface area contributed by atoms with Crippen molar-refractivity contribution in [2.24, 2.45) is 5.92 Å². The average Bonchev–Trinajstić information content (AvgIpc) is 2.99. The van der Waals surface area contributed by atoms with Crippen molar-refractivity contribution in [2.75, 3.05) is 0 Å². The molecule has 1 N–H and O–H groups in total. The summed E-state index contributed by atoms with van der Waals surface area (Å²) in [4.78, 5) is 16.8. The lowest BCUT2D eigenvalue weighted by Gasteiger charge is -2.11.